The summed E-state index contributed by atoms with van der Waals surface area (Å²) < 4.78 is 5.03. The zero-order chi connectivity index (χ0) is 11.1. The smallest absolute Gasteiger partial charge is 0.107 e. The van der Waals surface area contributed by atoms with Crippen molar-refractivity contribution in [1.82, 2.24) is 5.32 Å². The summed E-state index contributed by atoms with van der Waals surface area (Å²) in [6, 6.07) is 2.44. The van der Waals surface area contributed by atoms with Crippen LogP contribution >= 0.6 is 11.8 Å². The van der Waals surface area contributed by atoms with Crippen molar-refractivity contribution in [2.75, 3.05) is 26.0 Å². The predicted molar refractivity (Wildman–Crippen MR) is 64.0 cm³/mol. The summed E-state index contributed by atoms with van der Waals surface area (Å²) in [6.07, 6.45) is 3.11. The van der Waals surface area contributed by atoms with E-state index < -0.39 is 0 Å². The summed E-state index contributed by atoms with van der Waals surface area (Å²) in [6.45, 7) is 3.75. The first-order valence-corrected chi connectivity index (χ1v) is 6.58. The number of methoxy groups -OCH3 is 1. The number of nitrogens with zero attached hydrogens (tertiary/aromatic N) is 1. The third kappa shape index (κ3) is 3.67. The minimum absolute atomic E-state index is 0.251. The van der Waals surface area contributed by atoms with Crippen LogP contribution in [-0.4, -0.2) is 36.8 Å². The van der Waals surface area contributed by atoms with Gasteiger partial charge in [-0.05, 0) is 25.8 Å². The van der Waals surface area contributed by atoms with Crippen molar-refractivity contribution in [3.8, 4) is 6.07 Å². The highest BCUT2D eigenvalue weighted by Gasteiger charge is 2.38. The molecule has 0 aliphatic heterocycles. The van der Waals surface area contributed by atoms with Gasteiger partial charge in [-0.25, -0.2) is 0 Å². The molecule has 2 atom stereocenters. The van der Waals surface area contributed by atoms with Crippen LogP contribution in [0.4, 0.5) is 0 Å². The molecule has 0 radical (unpaired) electrons. The topological polar surface area (TPSA) is 45.0 Å². The molecule has 3 nitrogen and oxygen atoms in total. The minimum atomic E-state index is -0.251. The molecule has 0 amide bonds. The second-order valence-electron chi connectivity index (χ2n) is 3.95. The van der Waals surface area contributed by atoms with Crippen LogP contribution in [0.1, 0.15) is 26.2 Å². The number of hydrogen-bond acceptors (Lipinski definition) is 4. The lowest BCUT2D eigenvalue weighted by Crippen LogP contribution is -2.41. The molecule has 0 heterocycles. The fraction of sp³-hybridized carbons (Fsp3) is 0.909. The summed E-state index contributed by atoms with van der Waals surface area (Å²) in [5, 5.41) is 13.1. The molecule has 1 aliphatic carbocycles. The SMILES string of the molecule is CCNC1(C#N)CCC(SCCOC)C1. The van der Waals surface area contributed by atoms with E-state index in [2.05, 4.69) is 18.3 Å². The maximum Gasteiger partial charge on any atom is 0.107 e. The van der Waals surface area contributed by atoms with Crippen molar-refractivity contribution in [2.45, 2.75) is 37.0 Å². The second kappa shape index (κ2) is 6.37. The van der Waals surface area contributed by atoms with Gasteiger partial charge in [0.25, 0.3) is 0 Å². The normalized spacial score (nSPS) is 30.3. The van der Waals surface area contributed by atoms with E-state index in [1.807, 2.05) is 11.8 Å². The van der Waals surface area contributed by atoms with Gasteiger partial charge in [0, 0.05) is 18.1 Å². The first-order valence-electron chi connectivity index (χ1n) is 5.53. The number of nitriles is 1. The molecule has 0 aromatic carbocycles. The van der Waals surface area contributed by atoms with Gasteiger partial charge in [0.15, 0.2) is 0 Å². The highest BCUT2D eigenvalue weighted by molar-refractivity contribution is 7.99. The third-order valence-corrected chi connectivity index (χ3v) is 4.12. The average Bonchev–Trinajstić information content (AvgIpc) is 2.64. The van der Waals surface area contributed by atoms with Gasteiger partial charge < -0.3 is 4.74 Å². The van der Waals surface area contributed by atoms with Crippen molar-refractivity contribution in [2.24, 2.45) is 0 Å². The van der Waals surface area contributed by atoms with Crippen LogP contribution in [0.2, 0.25) is 0 Å². The largest absolute Gasteiger partial charge is 0.384 e. The molecule has 2 unspecified atom stereocenters. The summed E-state index contributed by atoms with van der Waals surface area (Å²) in [5.41, 5.74) is -0.251. The highest BCUT2D eigenvalue weighted by atomic mass is 32.2. The van der Waals surface area contributed by atoms with Crippen LogP contribution in [0.15, 0.2) is 0 Å². The van der Waals surface area contributed by atoms with Crippen molar-refractivity contribution < 1.29 is 4.74 Å². The van der Waals surface area contributed by atoms with E-state index in [1.54, 1.807) is 7.11 Å². The standard InChI is InChI=1S/C11H20N2OS/c1-3-13-11(9-12)5-4-10(8-11)15-7-6-14-2/h10,13H,3-8H2,1-2H3. The minimum Gasteiger partial charge on any atom is -0.384 e. The molecule has 0 aromatic heterocycles. The average molecular weight is 228 g/mol. The van der Waals surface area contributed by atoms with E-state index in [1.165, 1.54) is 0 Å². The Morgan fingerprint density at radius 2 is 2.47 bits per heavy atom. The van der Waals surface area contributed by atoms with E-state index in [0.717, 1.165) is 38.2 Å². The fourth-order valence-corrected chi connectivity index (χ4v) is 3.36. The molecule has 1 N–H and O–H groups in total. The molecule has 1 saturated carbocycles. The highest BCUT2D eigenvalue weighted by Crippen LogP contribution is 2.36. The van der Waals surface area contributed by atoms with Gasteiger partial charge in [0.05, 0.1) is 12.7 Å². The molecule has 0 spiro atoms. The lowest BCUT2D eigenvalue weighted by molar-refractivity contribution is 0.218. The lowest BCUT2D eigenvalue weighted by Gasteiger charge is -2.21. The summed E-state index contributed by atoms with van der Waals surface area (Å²) >= 11 is 1.94. The third-order valence-electron chi connectivity index (χ3n) is 2.84. The van der Waals surface area contributed by atoms with E-state index in [4.69, 9.17) is 4.74 Å². The Kier molecular flexibility index (Phi) is 5.44. The van der Waals surface area contributed by atoms with Crippen LogP contribution in [0, 0.1) is 11.3 Å². The Labute approximate surface area is 96.6 Å². The van der Waals surface area contributed by atoms with Gasteiger partial charge in [0.2, 0.25) is 0 Å². The number of hydrogen-bond donors (Lipinski definition) is 1. The van der Waals surface area contributed by atoms with Crippen LogP contribution in [0.5, 0.6) is 0 Å². The lowest BCUT2D eigenvalue weighted by atomic mass is 10.0. The zero-order valence-corrected chi connectivity index (χ0v) is 10.4. The molecule has 4 heteroatoms. The number of thioether (sulfide) groups is 1. The van der Waals surface area contributed by atoms with Gasteiger partial charge in [-0.1, -0.05) is 6.92 Å². The Morgan fingerprint density at radius 3 is 3.07 bits per heavy atom. The monoisotopic (exact) mass is 228 g/mol. The van der Waals surface area contributed by atoms with Gasteiger partial charge in [-0.3, -0.25) is 5.32 Å². The molecule has 0 saturated heterocycles. The van der Waals surface area contributed by atoms with Crippen LogP contribution in [0.3, 0.4) is 0 Å². The fourth-order valence-electron chi connectivity index (χ4n) is 2.08. The van der Waals surface area contributed by atoms with E-state index in [0.29, 0.717) is 5.25 Å². The Morgan fingerprint density at radius 1 is 1.67 bits per heavy atom. The van der Waals surface area contributed by atoms with Gasteiger partial charge in [-0.15, -0.1) is 0 Å². The predicted octanol–water partition coefficient (Wildman–Crippen LogP) is 1.79. The van der Waals surface area contributed by atoms with Crippen molar-refractivity contribution >= 4 is 11.8 Å². The Bertz CT molecular complexity index is 229. The molecule has 0 bridgehead atoms. The van der Waals surface area contributed by atoms with E-state index in [-0.39, 0.29) is 5.54 Å². The van der Waals surface area contributed by atoms with Gasteiger partial charge in [0.1, 0.15) is 5.54 Å². The molecular formula is C11H20N2OS. The molecule has 1 aliphatic rings. The first kappa shape index (κ1) is 12.8. The van der Waals surface area contributed by atoms with Gasteiger partial charge in [-0.2, -0.15) is 17.0 Å². The first-order chi connectivity index (χ1) is 7.26. The zero-order valence-electron chi connectivity index (χ0n) is 9.58. The quantitative estimate of drug-likeness (QED) is 0.704. The molecule has 1 rings (SSSR count). The Balaban J connectivity index is 2.33. The summed E-state index contributed by atoms with van der Waals surface area (Å²) in [5.74, 6) is 1.04. The molecule has 1 fully saturated rings. The van der Waals surface area contributed by atoms with E-state index >= 15 is 0 Å². The van der Waals surface area contributed by atoms with Crippen molar-refractivity contribution in [1.29, 1.82) is 5.26 Å². The maximum atomic E-state index is 9.19. The van der Waals surface area contributed by atoms with Crippen LogP contribution in [-0.2, 0) is 4.74 Å². The number of nitrogens with one attached hydrogen (secondary N) is 1. The van der Waals surface area contributed by atoms with E-state index in [9.17, 15) is 5.26 Å². The Hall–Kier alpha value is -0.240. The second-order valence-corrected chi connectivity index (χ2v) is 5.36. The van der Waals surface area contributed by atoms with Crippen molar-refractivity contribution in [3.63, 3.8) is 0 Å². The molecule has 0 aromatic rings. The maximum absolute atomic E-state index is 9.19. The summed E-state index contributed by atoms with van der Waals surface area (Å²) in [7, 11) is 1.73. The number of ether oxygens (including phenoxy) is 1. The molecule has 86 valence electrons. The van der Waals surface area contributed by atoms with Crippen LogP contribution < -0.4 is 5.32 Å². The number of rotatable bonds is 6. The molecule has 15 heavy (non-hydrogen) atoms. The van der Waals surface area contributed by atoms with Gasteiger partial charge >= 0.3 is 0 Å². The summed E-state index contributed by atoms with van der Waals surface area (Å²) in [4.78, 5) is 0. The molecular weight excluding hydrogens is 208 g/mol. The van der Waals surface area contributed by atoms with Crippen LogP contribution in [0.25, 0.3) is 0 Å². The van der Waals surface area contributed by atoms with Crippen molar-refractivity contribution in [3.05, 3.63) is 0 Å².